The number of halogens is 3. The van der Waals surface area contributed by atoms with Crippen LogP contribution >= 0.6 is 0 Å². The van der Waals surface area contributed by atoms with E-state index in [2.05, 4.69) is 10.3 Å². The predicted octanol–water partition coefficient (Wildman–Crippen LogP) is 4.10. The molecule has 1 saturated heterocycles. The molecule has 1 aliphatic heterocycles. The van der Waals surface area contributed by atoms with Gasteiger partial charge < -0.3 is 10.2 Å². The van der Waals surface area contributed by atoms with Gasteiger partial charge in [-0.2, -0.15) is 13.2 Å². The van der Waals surface area contributed by atoms with Crippen LogP contribution in [0.2, 0.25) is 0 Å². The van der Waals surface area contributed by atoms with Crippen LogP contribution in [-0.2, 0) is 6.18 Å². The van der Waals surface area contributed by atoms with Crippen LogP contribution in [-0.4, -0.2) is 35.4 Å². The number of imidazole rings is 1. The monoisotopic (exact) mass is 402 g/mol. The van der Waals surface area contributed by atoms with Crippen LogP contribution < -0.4 is 10.2 Å². The fourth-order valence-corrected chi connectivity index (χ4v) is 3.91. The van der Waals surface area contributed by atoms with E-state index in [9.17, 15) is 18.0 Å². The van der Waals surface area contributed by atoms with Crippen molar-refractivity contribution in [1.82, 2.24) is 14.7 Å². The Kier molecular flexibility index (Phi) is 4.94. The van der Waals surface area contributed by atoms with Crippen LogP contribution in [0.1, 0.15) is 40.2 Å². The number of hydrogen-bond donors (Lipinski definition) is 1. The van der Waals surface area contributed by atoms with Crippen LogP contribution in [0.3, 0.4) is 0 Å². The number of hydrogen-bond acceptors (Lipinski definition) is 3. The predicted molar refractivity (Wildman–Crippen MR) is 104 cm³/mol. The Bertz CT molecular complexity index is 1020. The van der Waals surface area contributed by atoms with E-state index in [1.807, 2.05) is 29.2 Å². The Morgan fingerprint density at radius 3 is 2.45 bits per heavy atom. The van der Waals surface area contributed by atoms with E-state index in [0.29, 0.717) is 35.9 Å². The zero-order chi connectivity index (χ0) is 20.6. The summed E-state index contributed by atoms with van der Waals surface area (Å²) in [5.41, 5.74) is 1.53. The summed E-state index contributed by atoms with van der Waals surface area (Å²) in [4.78, 5) is 17.7. The molecule has 3 aromatic rings. The molecule has 4 rings (SSSR count). The number of benzene rings is 1. The standard InChI is InChI=1S/C21H21F3N4O/c1-25-20(29)16-4-2-14(3-5-16)15-6-8-27(9-7-15)19-11-17(21(22,23)24)10-18-12-26-13-28(18)19/h2-5,10-13,15H,6-9H2,1H3,(H,25,29). The Balaban J connectivity index is 1.53. The second kappa shape index (κ2) is 7.42. The lowest BCUT2D eigenvalue weighted by Gasteiger charge is -2.34. The third-order valence-corrected chi connectivity index (χ3v) is 5.52. The fraction of sp³-hybridized carbons (Fsp3) is 0.333. The topological polar surface area (TPSA) is 49.6 Å². The van der Waals surface area contributed by atoms with Crippen molar-refractivity contribution in [2.24, 2.45) is 0 Å². The summed E-state index contributed by atoms with van der Waals surface area (Å²) in [6.45, 7) is 1.30. The van der Waals surface area contributed by atoms with Gasteiger partial charge in [0, 0.05) is 25.7 Å². The second-order valence-corrected chi connectivity index (χ2v) is 7.25. The van der Waals surface area contributed by atoms with E-state index >= 15 is 0 Å². The summed E-state index contributed by atoms with van der Waals surface area (Å²) >= 11 is 0. The number of carbonyl (C=O) groups excluding carboxylic acids is 1. The number of anilines is 1. The number of pyridine rings is 1. The summed E-state index contributed by atoms with van der Waals surface area (Å²) in [6.07, 6.45) is 0.247. The maximum absolute atomic E-state index is 13.3. The molecule has 0 saturated carbocycles. The number of rotatable bonds is 3. The highest BCUT2D eigenvalue weighted by Gasteiger charge is 2.33. The van der Waals surface area contributed by atoms with Gasteiger partial charge >= 0.3 is 6.18 Å². The van der Waals surface area contributed by atoms with Crippen molar-refractivity contribution in [3.05, 3.63) is 65.6 Å². The molecule has 0 aliphatic carbocycles. The third kappa shape index (κ3) is 3.79. The van der Waals surface area contributed by atoms with Crippen molar-refractivity contribution >= 4 is 17.2 Å². The van der Waals surface area contributed by atoms with Crippen molar-refractivity contribution in [2.75, 3.05) is 25.0 Å². The fourth-order valence-electron chi connectivity index (χ4n) is 3.91. The van der Waals surface area contributed by atoms with Gasteiger partial charge in [0.2, 0.25) is 0 Å². The lowest BCUT2D eigenvalue weighted by Crippen LogP contribution is -2.34. The molecule has 0 spiro atoms. The molecule has 1 N–H and O–H groups in total. The molecule has 1 fully saturated rings. The largest absolute Gasteiger partial charge is 0.416 e. The van der Waals surface area contributed by atoms with Gasteiger partial charge in [-0.15, -0.1) is 0 Å². The van der Waals surface area contributed by atoms with Crippen molar-refractivity contribution in [3.63, 3.8) is 0 Å². The van der Waals surface area contributed by atoms with Crippen molar-refractivity contribution < 1.29 is 18.0 Å². The number of amides is 1. The first kappa shape index (κ1) is 19.3. The van der Waals surface area contributed by atoms with Crippen molar-refractivity contribution in [1.29, 1.82) is 0 Å². The Morgan fingerprint density at radius 2 is 1.83 bits per heavy atom. The minimum Gasteiger partial charge on any atom is -0.358 e. The second-order valence-electron chi connectivity index (χ2n) is 7.25. The van der Waals surface area contributed by atoms with Gasteiger partial charge in [0.05, 0.1) is 17.3 Å². The number of nitrogens with one attached hydrogen (secondary N) is 1. The molecule has 3 heterocycles. The Hall–Kier alpha value is -3.03. The number of fused-ring (bicyclic) bond motifs is 1. The van der Waals surface area contributed by atoms with Gasteiger partial charge in [-0.3, -0.25) is 9.20 Å². The van der Waals surface area contributed by atoms with Gasteiger partial charge in [-0.05, 0) is 48.6 Å². The number of piperidine rings is 1. The number of alkyl halides is 3. The van der Waals surface area contributed by atoms with Gasteiger partial charge in [0.15, 0.2) is 0 Å². The van der Waals surface area contributed by atoms with E-state index in [-0.39, 0.29) is 5.91 Å². The molecule has 152 valence electrons. The number of nitrogens with zero attached hydrogens (tertiary/aromatic N) is 3. The molecule has 1 aromatic carbocycles. The normalized spacial score (nSPS) is 15.7. The van der Waals surface area contributed by atoms with Crippen LogP contribution in [0, 0.1) is 0 Å². The molecule has 1 amide bonds. The molecule has 5 nitrogen and oxygen atoms in total. The smallest absolute Gasteiger partial charge is 0.358 e. The lowest BCUT2D eigenvalue weighted by atomic mass is 9.89. The van der Waals surface area contributed by atoms with Crippen LogP contribution in [0.4, 0.5) is 19.0 Å². The van der Waals surface area contributed by atoms with E-state index in [0.717, 1.165) is 24.5 Å². The summed E-state index contributed by atoms with van der Waals surface area (Å²) in [7, 11) is 1.59. The Labute approximate surface area is 166 Å². The average molecular weight is 402 g/mol. The molecule has 0 radical (unpaired) electrons. The molecule has 0 bridgehead atoms. The summed E-state index contributed by atoms with van der Waals surface area (Å²) < 4.78 is 41.6. The molecule has 29 heavy (non-hydrogen) atoms. The third-order valence-electron chi connectivity index (χ3n) is 5.52. The van der Waals surface area contributed by atoms with Gasteiger partial charge in [-0.25, -0.2) is 4.98 Å². The van der Waals surface area contributed by atoms with Crippen LogP contribution in [0.25, 0.3) is 5.52 Å². The molecule has 8 heteroatoms. The molecule has 1 aliphatic rings. The average Bonchev–Trinajstić information content (AvgIpc) is 3.21. The minimum atomic E-state index is -4.40. The molecule has 2 aromatic heterocycles. The number of aromatic nitrogens is 2. The van der Waals surface area contributed by atoms with Crippen molar-refractivity contribution in [3.8, 4) is 0 Å². The summed E-state index contributed by atoms with van der Waals surface area (Å²) in [6, 6.07) is 9.86. The summed E-state index contributed by atoms with van der Waals surface area (Å²) in [5.74, 6) is 0.704. The minimum absolute atomic E-state index is 0.125. The SMILES string of the molecule is CNC(=O)c1ccc(C2CCN(c3cc(C(F)(F)F)cc4cncn34)CC2)cc1. The Morgan fingerprint density at radius 1 is 1.14 bits per heavy atom. The van der Waals surface area contributed by atoms with E-state index in [1.54, 1.807) is 17.8 Å². The van der Waals surface area contributed by atoms with Gasteiger partial charge in [0.1, 0.15) is 12.1 Å². The highest BCUT2D eigenvalue weighted by Crippen LogP contribution is 2.35. The molecule has 0 unspecified atom stereocenters. The van der Waals surface area contributed by atoms with Crippen LogP contribution in [0.5, 0.6) is 0 Å². The first-order chi connectivity index (χ1) is 13.9. The van der Waals surface area contributed by atoms with Gasteiger partial charge in [0.25, 0.3) is 5.91 Å². The first-order valence-electron chi connectivity index (χ1n) is 9.47. The van der Waals surface area contributed by atoms with E-state index < -0.39 is 11.7 Å². The quantitative estimate of drug-likeness (QED) is 0.718. The zero-order valence-corrected chi connectivity index (χ0v) is 15.9. The van der Waals surface area contributed by atoms with Gasteiger partial charge in [-0.1, -0.05) is 12.1 Å². The van der Waals surface area contributed by atoms with E-state index in [1.165, 1.54) is 12.3 Å². The maximum atomic E-state index is 13.3. The summed E-state index contributed by atoms with van der Waals surface area (Å²) in [5, 5.41) is 2.60. The molecular weight excluding hydrogens is 381 g/mol. The zero-order valence-electron chi connectivity index (χ0n) is 15.9. The maximum Gasteiger partial charge on any atom is 0.416 e. The molecule has 0 atom stereocenters. The lowest BCUT2D eigenvalue weighted by molar-refractivity contribution is -0.137. The van der Waals surface area contributed by atoms with Crippen molar-refractivity contribution in [2.45, 2.75) is 24.9 Å². The highest BCUT2D eigenvalue weighted by molar-refractivity contribution is 5.93. The first-order valence-corrected chi connectivity index (χ1v) is 9.47. The van der Waals surface area contributed by atoms with Crippen LogP contribution in [0.15, 0.2) is 48.9 Å². The highest BCUT2D eigenvalue weighted by atomic mass is 19.4. The van der Waals surface area contributed by atoms with E-state index in [4.69, 9.17) is 0 Å². The molecular formula is C21H21F3N4O. The number of carbonyl (C=O) groups is 1.